The van der Waals surface area contributed by atoms with Crippen molar-refractivity contribution >= 4 is 9.73 Å². The normalized spacial score (nSPS) is 17.6. The minimum atomic E-state index is -2.89. The van der Waals surface area contributed by atoms with Gasteiger partial charge in [-0.1, -0.05) is 18.2 Å². The van der Waals surface area contributed by atoms with Gasteiger partial charge in [-0.2, -0.15) is 0 Å². The molecule has 1 aromatic carbocycles. The quantitative estimate of drug-likeness (QED) is 0.740. The Morgan fingerprint density at radius 3 is 2.46 bits per heavy atom. The van der Waals surface area contributed by atoms with Gasteiger partial charge in [0, 0.05) is 9.64 Å². The highest BCUT2D eigenvalue weighted by molar-refractivity contribution is 7.93. The van der Waals surface area contributed by atoms with Crippen LogP contribution in [-0.2, 0) is 9.73 Å². The minimum Gasteiger partial charge on any atom is -0.248 e. The molecule has 3 heteroatoms. The fraction of sp³-hybridized carbons (Fsp3) is 0.400. The van der Waals surface area contributed by atoms with Crippen LogP contribution in [-0.4, -0.2) is 8.96 Å². The molecule has 0 fully saturated rings. The molecule has 13 heavy (non-hydrogen) atoms. The van der Waals surface area contributed by atoms with E-state index in [2.05, 4.69) is 0 Å². The van der Waals surface area contributed by atoms with Crippen LogP contribution in [0.4, 0.5) is 0 Å². The van der Waals surface area contributed by atoms with E-state index < -0.39 is 14.5 Å². The highest BCUT2D eigenvalue weighted by Crippen LogP contribution is 2.24. The highest BCUT2D eigenvalue weighted by Gasteiger charge is 2.26. The van der Waals surface area contributed by atoms with Crippen molar-refractivity contribution in [1.82, 2.24) is 0 Å². The lowest BCUT2D eigenvalue weighted by Crippen LogP contribution is -2.26. The zero-order valence-corrected chi connectivity index (χ0v) is 8.94. The van der Waals surface area contributed by atoms with E-state index in [0.717, 1.165) is 0 Å². The zero-order chi connectivity index (χ0) is 11.0. The van der Waals surface area contributed by atoms with Crippen molar-refractivity contribution in [3.8, 4) is 0 Å². The van der Waals surface area contributed by atoms with Crippen molar-refractivity contribution in [2.45, 2.75) is 30.4 Å². The van der Waals surface area contributed by atoms with E-state index in [1.807, 2.05) is 0 Å². The standard InChI is InChI=1S/C10H15NOS/c1-10(2,3)13(11,12)9-7-5-4-6-8-9/h4-8,11H,1-3H3/i7D. The fourth-order valence-corrected chi connectivity index (χ4v) is 2.05. The summed E-state index contributed by atoms with van der Waals surface area (Å²) in [5, 5.41) is 0. The van der Waals surface area contributed by atoms with Crippen LogP contribution in [0.5, 0.6) is 0 Å². The molecular weight excluding hydrogens is 182 g/mol. The van der Waals surface area contributed by atoms with E-state index in [1.165, 1.54) is 0 Å². The van der Waals surface area contributed by atoms with Crippen LogP contribution < -0.4 is 0 Å². The maximum atomic E-state index is 12.2. The van der Waals surface area contributed by atoms with Gasteiger partial charge in [0.2, 0.25) is 0 Å². The summed E-state index contributed by atoms with van der Waals surface area (Å²) in [7, 11) is -2.89. The van der Waals surface area contributed by atoms with Crippen molar-refractivity contribution in [3.63, 3.8) is 0 Å². The first-order valence-electron chi connectivity index (χ1n) is 4.61. The lowest BCUT2D eigenvalue weighted by molar-refractivity contribution is 0.637. The average molecular weight is 198 g/mol. The van der Waals surface area contributed by atoms with Crippen LogP contribution in [0.3, 0.4) is 0 Å². The molecule has 0 radical (unpaired) electrons. The van der Waals surface area contributed by atoms with Crippen LogP contribution in [0.2, 0.25) is 0 Å². The van der Waals surface area contributed by atoms with Gasteiger partial charge in [0.1, 0.15) is 0 Å². The SMILES string of the molecule is [2H]c1ccccc1S(=N)(=O)C(C)(C)C. The molecule has 0 aromatic heterocycles. The molecule has 0 saturated heterocycles. The Bertz CT molecular complexity index is 432. The van der Waals surface area contributed by atoms with Crippen LogP contribution in [0.25, 0.3) is 0 Å². The molecule has 1 rings (SSSR count). The molecule has 1 atom stereocenters. The molecular formula is C10H15NOS. The summed E-state index contributed by atoms with van der Waals surface area (Å²) >= 11 is 0. The summed E-state index contributed by atoms with van der Waals surface area (Å²) in [4.78, 5) is 0.326. The molecule has 0 heterocycles. The Morgan fingerprint density at radius 1 is 1.38 bits per heavy atom. The molecule has 1 unspecified atom stereocenters. The molecule has 1 N–H and O–H groups in total. The maximum Gasteiger partial charge on any atom is 0.0776 e. The lowest BCUT2D eigenvalue weighted by atomic mass is 10.3. The van der Waals surface area contributed by atoms with Crippen LogP contribution >= 0.6 is 0 Å². The summed E-state index contributed by atoms with van der Waals surface area (Å²) in [5.74, 6) is 0. The molecule has 0 amide bonds. The van der Waals surface area contributed by atoms with Gasteiger partial charge in [0.05, 0.1) is 11.1 Å². The molecule has 0 spiro atoms. The average Bonchev–Trinajstić information content (AvgIpc) is 2.02. The van der Waals surface area contributed by atoms with Crippen molar-refractivity contribution < 1.29 is 5.58 Å². The predicted molar refractivity (Wildman–Crippen MR) is 55.3 cm³/mol. The van der Waals surface area contributed by atoms with Crippen molar-refractivity contribution in [3.05, 3.63) is 30.3 Å². The van der Waals surface area contributed by atoms with E-state index in [-0.39, 0.29) is 6.04 Å². The topological polar surface area (TPSA) is 40.9 Å². The van der Waals surface area contributed by atoms with Crippen LogP contribution in [0.15, 0.2) is 35.2 Å². The van der Waals surface area contributed by atoms with Gasteiger partial charge in [-0.25, -0.2) is 8.99 Å². The van der Waals surface area contributed by atoms with E-state index in [1.54, 1.807) is 45.0 Å². The first-order chi connectivity index (χ1) is 6.27. The van der Waals surface area contributed by atoms with Crippen LogP contribution in [0.1, 0.15) is 22.1 Å². The summed E-state index contributed by atoms with van der Waals surface area (Å²) in [6.07, 6.45) is 0. The van der Waals surface area contributed by atoms with Crippen molar-refractivity contribution in [2.24, 2.45) is 0 Å². The molecule has 2 nitrogen and oxygen atoms in total. The predicted octanol–water partition coefficient (Wildman–Crippen LogP) is 2.89. The van der Waals surface area contributed by atoms with Gasteiger partial charge in [0.25, 0.3) is 0 Å². The number of benzene rings is 1. The first-order valence-corrected chi connectivity index (χ1v) is 5.66. The summed E-state index contributed by atoms with van der Waals surface area (Å²) in [6.45, 7) is 5.28. The first kappa shape index (κ1) is 8.75. The Balaban J connectivity index is 3.40. The Labute approximate surface area is 81.4 Å². The van der Waals surface area contributed by atoms with Crippen molar-refractivity contribution in [1.29, 1.82) is 4.78 Å². The van der Waals surface area contributed by atoms with Gasteiger partial charge in [-0.15, -0.1) is 0 Å². The third kappa shape index (κ3) is 1.91. The lowest BCUT2D eigenvalue weighted by Gasteiger charge is -2.22. The van der Waals surface area contributed by atoms with Gasteiger partial charge >= 0.3 is 0 Å². The maximum absolute atomic E-state index is 12.2. The number of hydrogen-bond acceptors (Lipinski definition) is 2. The minimum absolute atomic E-state index is 0.183. The second-order valence-electron chi connectivity index (χ2n) is 3.90. The molecule has 0 aliphatic heterocycles. The molecule has 0 saturated carbocycles. The summed E-state index contributed by atoms with van der Waals surface area (Å²) in [6, 6.07) is 6.78. The number of hydrogen-bond donors (Lipinski definition) is 1. The van der Waals surface area contributed by atoms with E-state index in [4.69, 9.17) is 6.15 Å². The number of rotatable bonds is 1. The summed E-state index contributed by atoms with van der Waals surface area (Å²) < 4.78 is 27.0. The monoisotopic (exact) mass is 198 g/mol. The largest absolute Gasteiger partial charge is 0.248 e. The Kier molecular flexibility index (Phi) is 2.12. The molecule has 72 valence electrons. The smallest absolute Gasteiger partial charge is 0.0776 e. The van der Waals surface area contributed by atoms with Crippen molar-refractivity contribution in [2.75, 3.05) is 0 Å². The van der Waals surface area contributed by atoms with Gasteiger partial charge in [-0.05, 0) is 32.9 Å². The molecule has 0 bridgehead atoms. The second-order valence-corrected chi connectivity index (χ2v) is 6.67. The Hall–Kier alpha value is -0.830. The van der Waals surface area contributed by atoms with E-state index in [0.29, 0.717) is 4.90 Å². The van der Waals surface area contributed by atoms with Crippen LogP contribution in [0, 0.1) is 4.78 Å². The zero-order valence-electron chi connectivity index (χ0n) is 9.13. The molecule has 1 aromatic rings. The molecule has 0 aliphatic rings. The van der Waals surface area contributed by atoms with E-state index >= 15 is 0 Å². The third-order valence-corrected chi connectivity index (χ3v) is 4.45. The Morgan fingerprint density at radius 2 is 2.00 bits per heavy atom. The summed E-state index contributed by atoms with van der Waals surface area (Å²) in [5.41, 5.74) is 0. The second kappa shape index (κ2) is 3.14. The van der Waals surface area contributed by atoms with Gasteiger partial charge in [0.15, 0.2) is 0 Å². The van der Waals surface area contributed by atoms with Gasteiger partial charge in [-0.3, -0.25) is 0 Å². The third-order valence-electron chi connectivity index (χ3n) is 1.85. The highest BCUT2D eigenvalue weighted by atomic mass is 32.2. The fourth-order valence-electron chi connectivity index (χ4n) is 0.886. The van der Waals surface area contributed by atoms with E-state index in [9.17, 15) is 4.21 Å². The van der Waals surface area contributed by atoms with Gasteiger partial charge < -0.3 is 0 Å². The molecule has 0 aliphatic carbocycles. The number of nitrogens with one attached hydrogen (secondary N) is 1.